The van der Waals surface area contributed by atoms with Crippen molar-refractivity contribution < 1.29 is 24.2 Å². The Balaban J connectivity index is 2.55. The molecule has 0 radical (unpaired) electrons. The lowest BCUT2D eigenvalue weighted by Gasteiger charge is -2.13. The Morgan fingerprint density at radius 1 is 1.60 bits per heavy atom. The monoisotopic (exact) mass is 214 g/mol. The largest absolute Gasteiger partial charge is 0.515 e. The number of aliphatic hydroxyl groups excluding tert-OH is 1. The molecule has 1 rings (SSSR count). The van der Waals surface area contributed by atoms with Gasteiger partial charge in [-0.25, -0.2) is 9.59 Å². The van der Waals surface area contributed by atoms with E-state index in [0.29, 0.717) is 19.3 Å². The van der Waals surface area contributed by atoms with Gasteiger partial charge in [0.05, 0.1) is 18.4 Å². The highest BCUT2D eigenvalue weighted by Crippen LogP contribution is 2.13. The van der Waals surface area contributed by atoms with Crippen molar-refractivity contribution in [1.82, 2.24) is 0 Å². The molecule has 1 saturated heterocycles. The average Bonchev–Trinajstić information content (AvgIpc) is 2.43. The van der Waals surface area contributed by atoms with Crippen LogP contribution in [-0.2, 0) is 19.1 Å². The summed E-state index contributed by atoms with van der Waals surface area (Å²) < 4.78 is 9.73. The second kappa shape index (κ2) is 5.38. The van der Waals surface area contributed by atoms with Crippen molar-refractivity contribution in [3.05, 3.63) is 11.8 Å². The summed E-state index contributed by atoms with van der Waals surface area (Å²) in [5.74, 6) is -1.20. The molecule has 1 heterocycles. The molecule has 0 aromatic heterocycles. The van der Waals surface area contributed by atoms with Gasteiger partial charge in [-0.1, -0.05) is 0 Å². The molecule has 0 aromatic carbocycles. The predicted molar refractivity (Wildman–Crippen MR) is 51.1 cm³/mol. The number of hydrogen-bond donors (Lipinski definition) is 1. The Hall–Kier alpha value is -1.52. The van der Waals surface area contributed by atoms with E-state index in [9.17, 15) is 9.59 Å². The molecule has 0 saturated carbocycles. The number of ether oxygens (including phenoxy) is 2. The number of carbonyl (C=O) groups excluding carboxylic acids is 2. The van der Waals surface area contributed by atoms with E-state index in [1.165, 1.54) is 6.92 Å². The van der Waals surface area contributed by atoms with Crippen molar-refractivity contribution in [3.63, 3.8) is 0 Å². The molecule has 0 aromatic rings. The summed E-state index contributed by atoms with van der Waals surface area (Å²) in [7, 11) is 0. The van der Waals surface area contributed by atoms with Crippen LogP contribution >= 0.6 is 0 Å². The second-order valence-electron chi connectivity index (χ2n) is 3.37. The maximum atomic E-state index is 11.3. The summed E-state index contributed by atoms with van der Waals surface area (Å²) in [4.78, 5) is 22.5. The Morgan fingerprint density at radius 3 is 3.00 bits per heavy atom. The first kappa shape index (κ1) is 11.6. The van der Waals surface area contributed by atoms with E-state index in [-0.39, 0.29) is 5.57 Å². The highest BCUT2D eigenvalue weighted by Gasteiger charge is 2.26. The zero-order valence-electron chi connectivity index (χ0n) is 8.56. The van der Waals surface area contributed by atoms with Gasteiger partial charge in [0.15, 0.2) is 6.10 Å². The first-order valence-corrected chi connectivity index (χ1v) is 4.83. The minimum Gasteiger partial charge on any atom is -0.515 e. The van der Waals surface area contributed by atoms with Gasteiger partial charge in [0.2, 0.25) is 0 Å². The summed E-state index contributed by atoms with van der Waals surface area (Å²) in [5.41, 5.74) is 0.0621. The molecule has 1 fully saturated rings. The van der Waals surface area contributed by atoms with Crippen LogP contribution in [0.3, 0.4) is 0 Å². The molecular weight excluding hydrogens is 200 g/mol. The number of esters is 2. The number of aliphatic hydroxyl groups is 1. The van der Waals surface area contributed by atoms with Crippen molar-refractivity contribution in [2.45, 2.75) is 32.3 Å². The number of hydrogen-bond acceptors (Lipinski definition) is 5. The van der Waals surface area contributed by atoms with E-state index in [4.69, 9.17) is 14.6 Å². The predicted octanol–water partition coefficient (Wildman–Crippen LogP) is 1.09. The first-order valence-electron chi connectivity index (χ1n) is 4.83. The molecule has 1 aliphatic rings. The first-order chi connectivity index (χ1) is 7.15. The standard InChI is InChI=1S/C10H14O5/c1-7(6-11)9(12)15-8-4-2-3-5-14-10(8)13/h6,8,11H,2-5H2,1H3/b7-6+. The lowest BCUT2D eigenvalue weighted by molar-refractivity contribution is -0.164. The SMILES string of the molecule is C/C(=C\O)C(=O)OC1CCCCOC1=O. The van der Waals surface area contributed by atoms with Crippen LogP contribution in [-0.4, -0.2) is 29.8 Å². The van der Waals surface area contributed by atoms with Gasteiger partial charge >= 0.3 is 11.9 Å². The van der Waals surface area contributed by atoms with Gasteiger partial charge in [-0.3, -0.25) is 0 Å². The van der Waals surface area contributed by atoms with E-state index in [1.54, 1.807) is 0 Å². The van der Waals surface area contributed by atoms with Crippen LogP contribution in [0, 0.1) is 0 Å². The molecule has 1 aliphatic heterocycles. The van der Waals surface area contributed by atoms with Gasteiger partial charge in [0, 0.05) is 0 Å². The Morgan fingerprint density at radius 2 is 2.33 bits per heavy atom. The van der Waals surface area contributed by atoms with Crippen molar-refractivity contribution in [1.29, 1.82) is 0 Å². The summed E-state index contributed by atoms with van der Waals surface area (Å²) >= 11 is 0. The number of cyclic esters (lactones) is 1. The van der Waals surface area contributed by atoms with E-state index in [1.807, 2.05) is 0 Å². The van der Waals surface area contributed by atoms with Crippen LogP contribution < -0.4 is 0 Å². The van der Waals surface area contributed by atoms with Gasteiger partial charge in [-0.15, -0.1) is 0 Å². The maximum absolute atomic E-state index is 11.3. The van der Waals surface area contributed by atoms with E-state index in [2.05, 4.69) is 0 Å². The normalized spacial score (nSPS) is 22.9. The minimum atomic E-state index is -0.838. The van der Waals surface area contributed by atoms with Crippen molar-refractivity contribution in [2.75, 3.05) is 6.61 Å². The maximum Gasteiger partial charge on any atom is 0.347 e. The van der Waals surface area contributed by atoms with Gasteiger partial charge < -0.3 is 14.6 Å². The zero-order valence-corrected chi connectivity index (χ0v) is 8.56. The van der Waals surface area contributed by atoms with Gasteiger partial charge in [0.1, 0.15) is 0 Å². The van der Waals surface area contributed by atoms with Crippen molar-refractivity contribution in [2.24, 2.45) is 0 Å². The molecule has 0 bridgehead atoms. The third-order valence-electron chi connectivity index (χ3n) is 2.13. The third kappa shape index (κ3) is 3.27. The highest BCUT2D eigenvalue weighted by molar-refractivity contribution is 5.89. The van der Waals surface area contributed by atoms with Gasteiger partial charge in [-0.05, 0) is 26.2 Å². The molecule has 1 unspecified atom stereocenters. The van der Waals surface area contributed by atoms with Gasteiger partial charge in [0.25, 0.3) is 0 Å². The number of carbonyl (C=O) groups is 2. The lowest BCUT2D eigenvalue weighted by Crippen LogP contribution is -2.28. The Bertz CT molecular complexity index is 282. The molecule has 84 valence electrons. The molecular formula is C10H14O5. The van der Waals surface area contributed by atoms with Crippen LogP contribution in [0.2, 0.25) is 0 Å². The summed E-state index contributed by atoms with van der Waals surface area (Å²) in [6.45, 7) is 1.78. The highest BCUT2D eigenvalue weighted by atomic mass is 16.6. The molecule has 0 aliphatic carbocycles. The van der Waals surface area contributed by atoms with Gasteiger partial charge in [-0.2, -0.15) is 0 Å². The van der Waals surface area contributed by atoms with Crippen molar-refractivity contribution in [3.8, 4) is 0 Å². The Labute approximate surface area is 87.7 Å². The molecule has 1 atom stereocenters. The second-order valence-corrected chi connectivity index (χ2v) is 3.37. The van der Waals surface area contributed by atoms with Crippen LogP contribution in [0.15, 0.2) is 11.8 Å². The molecule has 0 amide bonds. The average molecular weight is 214 g/mol. The van der Waals surface area contributed by atoms with E-state index in [0.717, 1.165) is 12.8 Å². The molecule has 5 heteroatoms. The number of rotatable bonds is 2. The van der Waals surface area contributed by atoms with E-state index >= 15 is 0 Å². The Kier molecular flexibility index (Phi) is 4.15. The van der Waals surface area contributed by atoms with Crippen LogP contribution in [0.5, 0.6) is 0 Å². The fraction of sp³-hybridized carbons (Fsp3) is 0.600. The molecule has 1 N–H and O–H groups in total. The summed E-state index contributed by atoms with van der Waals surface area (Å²) in [5, 5.41) is 8.58. The van der Waals surface area contributed by atoms with Crippen LogP contribution in [0.25, 0.3) is 0 Å². The fourth-order valence-electron chi connectivity index (χ4n) is 1.20. The molecule has 15 heavy (non-hydrogen) atoms. The summed E-state index contributed by atoms with van der Waals surface area (Å²) in [6, 6.07) is 0. The topological polar surface area (TPSA) is 72.8 Å². The fourth-order valence-corrected chi connectivity index (χ4v) is 1.20. The minimum absolute atomic E-state index is 0.0621. The quantitative estimate of drug-likeness (QED) is 0.423. The van der Waals surface area contributed by atoms with Crippen LogP contribution in [0.1, 0.15) is 26.2 Å². The van der Waals surface area contributed by atoms with E-state index < -0.39 is 18.0 Å². The summed E-state index contributed by atoms with van der Waals surface area (Å²) in [6.07, 6.45) is 1.86. The molecule has 5 nitrogen and oxygen atoms in total. The zero-order chi connectivity index (χ0) is 11.3. The molecule has 0 spiro atoms. The van der Waals surface area contributed by atoms with Crippen molar-refractivity contribution >= 4 is 11.9 Å². The smallest absolute Gasteiger partial charge is 0.347 e. The third-order valence-corrected chi connectivity index (χ3v) is 2.13. The lowest BCUT2D eigenvalue weighted by atomic mass is 10.2. The van der Waals surface area contributed by atoms with Crippen LogP contribution in [0.4, 0.5) is 0 Å².